The van der Waals surface area contributed by atoms with Crippen LogP contribution >= 0.6 is 11.6 Å². The van der Waals surface area contributed by atoms with Gasteiger partial charge in [0.25, 0.3) is 0 Å². The van der Waals surface area contributed by atoms with Gasteiger partial charge in [-0.3, -0.25) is 0 Å². The van der Waals surface area contributed by atoms with Gasteiger partial charge in [0.05, 0.1) is 28.6 Å². The normalized spacial score (nSPS) is 11.3. The third-order valence-corrected chi connectivity index (χ3v) is 3.34. The number of rotatable bonds is 4. The fraction of sp³-hybridized carbons (Fsp3) is 0.364. The first-order valence-corrected chi connectivity index (χ1v) is 7.61. The van der Waals surface area contributed by atoms with Crippen LogP contribution < -0.4 is 5.73 Å². The fourth-order valence-electron chi connectivity index (χ4n) is 1.49. The van der Waals surface area contributed by atoms with Gasteiger partial charge in [-0.2, -0.15) is 0 Å². The molecule has 0 radical (unpaired) electrons. The van der Waals surface area contributed by atoms with Gasteiger partial charge in [-0.25, -0.2) is 13.2 Å². The fourth-order valence-corrected chi connectivity index (χ4v) is 2.45. The molecule has 0 amide bonds. The molecule has 0 aliphatic carbocycles. The monoisotopic (exact) mass is 291 g/mol. The van der Waals surface area contributed by atoms with Crippen LogP contribution in [0.25, 0.3) is 0 Å². The number of nitrogens with two attached hydrogens (primary N) is 1. The third-order valence-electron chi connectivity index (χ3n) is 2.18. The summed E-state index contributed by atoms with van der Waals surface area (Å²) in [6.07, 6.45) is 1.08. The minimum atomic E-state index is -3.28. The number of carbonyl (C=O) groups is 1. The summed E-state index contributed by atoms with van der Waals surface area (Å²) in [5, 5.41) is 0.190. The number of nitrogen functional groups attached to an aromatic ring is 1. The van der Waals surface area contributed by atoms with Gasteiger partial charge in [-0.1, -0.05) is 17.7 Å². The van der Waals surface area contributed by atoms with Crippen LogP contribution in [0.2, 0.25) is 5.02 Å². The van der Waals surface area contributed by atoms with Crippen molar-refractivity contribution in [3.63, 3.8) is 0 Å². The highest BCUT2D eigenvalue weighted by Crippen LogP contribution is 2.28. The smallest absolute Gasteiger partial charge is 0.340 e. The Morgan fingerprint density at radius 2 is 2.06 bits per heavy atom. The molecule has 0 spiro atoms. The topological polar surface area (TPSA) is 86.5 Å². The van der Waals surface area contributed by atoms with E-state index >= 15 is 0 Å². The van der Waals surface area contributed by atoms with E-state index < -0.39 is 15.8 Å². The first kappa shape index (κ1) is 14.8. The minimum Gasteiger partial charge on any atom is -0.462 e. The Kier molecular flexibility index (Phi) is 4.59. The lowest BCUT2D eigenvalue weighted by molar-refractivity contribution is 0.0526. The van der Waals surface area contributed by atoms with E-state index in [0.29, 0.717) is 0 Å². The van der Waals surface area contributed by atoms with Crippen LogP contribution in [0.3, 0.4) is 0 Å². The standard InChI is InChI=1S/C11H14ClNO4S/c1-3-17-11(14)9-7(6-18(2,15)16)4-5-8(12)10(9)13/h4-5H,3,6,13H2,1-2H3. The number of sulfone groups is 1. The Morgan fingerprint density at radius 1 is 1.44 bits per heavy atom. The lowest BCUT2D eigenvalue weighted by Gasteiger charge is -2.12. The maximum Gasteiger partial charge on any atom is 0.340 e. The summed E-state index contributed by atoms with van der Waals surface area (Å²) >= 11 is 5.82. The molecular weight excluding hydrogens is 278 g/mol. The number of anilines is 1. The lowest BCUT2D eigenvalue weighted by Crippen LogP contribution is -2.14. The molecule has 100 valence electrons. The second-order valence-corrected chi connectivity index (χ2v) is 6.33. The van der Waals surface area contributed by atoms with Crippen LogP contribution in [-0.4, -0.2) is 27.2 Å². The Labute approximate surface area is 111 Å². The minimum absolute atomic E-state index is 0.0229. The number of ether oxygens (including phenoxy) is 1. The lowest BCUT2D eigenvalue weighted by atomic mass is 10.1. The van der Waals surface area contributed by atoms with Crippen LogP contribution in [0, 0.1) is 0 Å². The van der Waals surface area contributed by atoms with Crippen LogP contribution in [0.4, 0.5) is 5.69 Å². The van der Waals surface area contributed by atoms with Crippen molar-refractivity contribution in [2.24, 2.45) is 0 Å². The maximum atomic E-state index is 11.8. The van der Waals surface area contributed by atoms with Gasteiger partial charge in [0.2, 0.25) is 0 Å². The van der Waals surface area contributed by atoms with Crippen LogP contribution in [0.5, 0.6) is 0 Å². The first-order valence-electron chi connectivity index (χ1n) is 5.18. The average Bonchev–Trinajstić information content (AvgIpc) is 2.22. The molecule has 0 bridgehead atoms. The zero-order valence-electron chi connectivity index (χ0n) is 10.1. The highest BCUT2D eigenvalue weighted by molar-refractivity contribution is 7.89. The van der Waals surface area contributed by atoms with Gasteiger partial charge in [-0.15, -0.1) is 0 Å². The van der Waals surface area contributed by atoms with Gasteiger partial charge in [0, 0.05) is 6.26 Å². The van der Waals surface area contributed by atoms with Gasteiger partial charge >= 0.3 is 5.97 Å². The molecule has 0 aliphatic rings. The van der Waals surface area contributed by atoms with E-state index in [2.05, 4.69) is 0 Å². The van der Waals surface area contributed by atoms with E-state index in [-0.39, 0.29) is 34.2 Å². The van der Waals surface area contributed by atoms with Crippen molar-refractivity contribution in [2.75, 3.05) is 18.6 Å². The number of hydrogen-bond acceptors (Lipinski definition) is 5. The molecule has 0 atom stereocenters. The molecule has 0 fully saturated rings. The summed E-state index contributed by atoms with van der Waals surface area (Å²) in [6.45, 7) is 1.82. The Bertz CT molecular complexity index is 569. The van der Waals surface area contributed by atoms with E-state index in [1.54, 1.807) is 6.92 Å². The predicted octanol–water partition coefficient (Wildman–Crippen LogP) is 1.64. The molecule has 0 unspecified atom stereocenters. The van der Waals surface area contributed by atoms with Gasteiger partial charge in [-0.05, 0) is 18.6 Å². The highest BCUT2D eigenvalue weighted by atomic mass is 35.5. The van der Waals surface area contributed by atoms with Gasteiger partial charge < -0.3 is 10.5 Å². The third kappa shape index (κ3) is 3.61. The number of benzene rings is 1. The number of halogens is 1. The van der Waals surface area contributed by atoms with E-state index in [9.17, 15) is 13.2 Å². The largest absolute Gasteiger partial charge is 0.462 e. The SMILES string of the molecule is CCOC(=O)c1c(CS(C)(=O)=O)ccc(Cl)c1N. The maximum absolute atomic E-state index is 11.8. The second-order valence-electron chi connectivity index (χ2n) is 3.79. The summed E-state index contributed by atoms with van der Waals surface area (Å²) in [7, 11) is -3.28. The summed E-state index contributed by atoms with van der Waals surface area (Å²) in [4.78, 5) is 11.8. The molecule has 0 aromatic heterocycles. The van der Waals surface area contributed by atoms with Crippen molar-refractivity contribution >= 4 is 33.1 Å². The van der Waals surface area contributed by atoms with E-state index in [1.165, 1.54) is 12.1 Å². The van der Waals surface area contributed by atoms with E-state index in [1.807, 2.05) is 0 Å². The number of carbonyl (C=O) groups excluding carboxylic acids is 1. The van der Waals surface area contributed by atoms with Crippen LogP contribution in [0.1, 0.15) is 22.8 Å². The van der Waals surface area contributed by atoms with Crippen molar-refractivity contribution in [3.8, 4) is 0 Å². The second kappa shape index (κ2) is 5.58. The quantitative estimate of drug-likeness (QED) is 0.673. The molecule has 1 aromatic rings. The molecule has 18 heavy (non-hydrogen) atoms. The van der Waals surface area contributed by atoms with E-state index in [4.69, 9.17) is 22.1 Å². The summed E-state index contributed by atoms with van der Waals surface area (Å²) < 4.78 is 27.5. The molecule has 5 nitrogen and oxygen atoms in total. The summed E-state index contributed by atoms with van der Waals surface area (Å²) in [6, 6.07) is 2.92. The summed E-state index contributed by atoms with van der Waals surface area (Å²) in [5.74, 6) is -0.959. The molecule has 0 saturated heterocycles. The highest BCUT2D eigenvalue weighted by Gasteiger charge is 2.20. The van der Waals surface area contributed by atoms with Crippen molar-refractivity contribution in [1.29, 1.82) is 0 Å². The Balaban J connectivity index is 3.34. The van der Waals surface area contributed by atoms with Gasteiger partial charge in [0.15, 0.2) is 9.84 Å². The molecule has 1 aromatic carbocycles. The zero-order chi connectivity index (χ0) is 13.9. The molecule has 7 heteroatoms. The number of hydrogen-bond donors (Lipinski definition) is 1. The van der Waals surface area contributed by atoms with Crippen molar-refractivity contribution in [1.82, 2.24) is 0 Å². The molecule has 2 N–H and O–H groups in total. The van der Waals surface area contributed by atoms with Crippen molar-refractivity contribution in [3.05, 3.63) is 28.3 Å². The number of esters is 1. The Morgan fingerprint density at radius 3 is 2.56 bits per heavy atom. The predicted molar refractivity (Wildman–Crippen MR) is 70.4 cm³/mol. The molecule has 0 heterocycles. The van der Waals surface area contributed by atoms with Crippen molar-refractivity contribution in [2.45, 2.75) is 12.7 Å². The summed E-state index contributed by atoms with van der Waals surface area (Å²) in [5.41, 5.74) is 6.06. The molecule has 1 rings (SSSR count). The van der Waals surface area contributed by atoms with Crippen LogP contribution in [0.15, 0.2) is 12.1 Å². The molecule has 0 aliphatic heterocycles. The molecule has 0 saturated carbocycles. The van der Waals surface area contributed by atoms with Gasteiger partial charge in [0.1, 0.15) is 0 Å². The Hall–Kier alpha value is -1.27. The van der Waals surface area contributed by atoms with E-state index in [0.717, 1.165) is 6.26 Å². The zero-order valence-corrected chi connectivity index (χ0v) is 11.6. The van der Waals surface area contributed by atoms with Crippen molar-refractivity contribution < 1.29 is 17.9 Å². The molecular formula is C11H14ClNO4S. The van der Waals surface area contributed by atoms with Crippen LogP contribution in [-0.2, 0) is 20.3 Å². The first-order chi connectivity index (χ1) is 8.26. The average molecular weight is 292 g/mol.